The first kappa shape index (κ1) is 19.9. The van der Waals surface area contributed by atoms with Crippen LogP contribution in [0.4, 0.5) is 0 Å². The zero-order chi connectivity index (χ0) is 19.2. The summed E-state index contributed by atoms with van der Waals surface area (Å²) in [5.74, 6) is 1.84. The molecule has 146 valence electrons. The topological polar surface area (TPSA) is 41.6 Å². The zero-order valence-corrected chi connectivity index (χ0v) is 17.3. The van der Waals surface area contributed by atoms with Crippen LogP contribution in [-0.2, 0) is 0 Å². The van der Waals surface area contributed by atoms with Crippen LogP contribution < -0.4 is 10.1 Å². The number of hydrogen-bond donors (Lipinski definition) is 1. The monoisotopic (exact) mass is 386 g/mol. The number of amides is 1. The maximum absolute atomic E-state index is 12.5. The normalized spacial score (nSPS) is 21.0. The lowest BCUT2D eigenvalue weighted by Crippen LogP contribution is -2.34. The number of nitrogens with zero attached hydrogens (tertiary/aromatic N) is 1. The van der Waals surface area contributed by atoms with Crippen molar-refractivity contribution in [3.05, 3.63) is 52.2 Å². The van der Waals surface area contributed by atoms with Crippen LogP contribution in [0.2, 0.25) is 0 Å². The van der Waals surface area contributed by atoms with Gasteiger partial charge >= 0.3 is 0 Å². The second kappa shape index (κ2) is 9.38. The summed E-state index contributed by atoms with van der Waals surface area (Å²) in [5.41, 5.74) is 0.610. The molecule has 1 aliphatic carbocycles. The molecule has 3 rings (SSSR count). The summed E-state index contributed by atoms with van der Waals surface area (Å²) in [5, 5.41) is 5.28. The van der Waals surface area contributed by atoms with Crippen LogP contribution in [-0.4, -0.2) is 38.6 Å². The molecule has 0 saturated heterocycles. The molecule has 1 aromatic heterocycles. The number of methoxy groups -OCH3 is 1. The molecule has 5 heteroatoms. The van der Waals surface area contributed by atoms with Crippen molar-refractivity contribution >= 4 is 17.2 Å². The summed E-state index contributed by atoms with van der Waals surface area (Å²) in [6.07, 6.45) is 4.78. The van der Waals surface area contributed by atoms with Crippen LogP contribution in [0.25, 0.3) is 0 Å². The van der Waals surface area contributed by atoms with Crippen LogP contribution in [0.1, 0.15) is 47.0 Å². The fourth-order valence-electron chi connectivity index (χ4n) is 4.24. The Morgan fingerprint density at radius 1 is 1.19 bits per heavy atom. The standard InChI is InChI=1S/C22H30N2O2S/c1-24(2)21(20-9-6-14-27-20)17-12-10-16(11-13-17)15-23-22(25)18-7-4-5-8-19(18)26-3/h4-9,14,16-17,21H,10-13,15H2,1-3H3,(H,23,25). The van der Waals surface area contributed by atoms with Gasteiger partial charge in [0.15, 0.2) is 0 Å². The van der Waals surface area contributed by atoms with E-state index in [0.717, 1.165) is 6.54 Å². The summed E-state index contributed by atoms with van der Waals surface area (Å²) >= 11 is 1.86. The van der Waals surface area contributed by atoms with Crippen molar-refractivity contribution in [2.45, 2.75) is 31.7 Å². The first-order chi connectivity index (χ1) is 13.1. The van der Waals surface area contributed by atoms with Crippen molar-refractivity contribution in [3.63, 3.8) is 0 Å². The molecule has 1 amide bonds. The van der Waals surface area contributed by atoms with Crippen molar-refractivity contribution in [2.75, 3.05) is 27.7 Å². The molecule has 0 bridgehead atoms. The maximum atomic E-state index is 12.5. The average molecular weight is 387 g/mol. The van der Waals surface area contributed by atoms with E-state index in [-0.39, 0.29) is 5.91 Å². The molecule has 1 aromatic carbocycles. The highest BCUT2D eigenvalue weighted by atomic mass is 32.1. The molecule has 1 fully saturated rings. The summed E-state index contributed by atoms with van der Waals surface area (Å²) in [6, 6.07) is 12.3. The number of thiophene rings is 1. The Hall–Kier alpha value is -1.85. The van der Waals surface area contributed by atoms with Crippen LogP contribution in [0.3, 0.4) is 0 Å². The molecule has 0 radical (unpaired) electrons. The van der Waals surface area contributed by atoms with Gasteiger partial charge in [0.25, 0.3) is 5.91 Å². The predicted octanol–water partition coefficient (Wildman–Crippen LogP) is 4.60. The Bertz CT molecular complexity index is 722. The predicted molar refractivity (Wildman–Crippen MR) is 112 cm³/mol. The van der Waals surface area contributed by atoms with Gasteiger partial charge in [-0.25, -0.2) is 0 Å². The summed E-state index contributed by atoms with van der Waals surface area (Å²) < 4.78 is 5.29. The van der Waals surface area contributed by atoms with E-state index in [1.807, 2.05) is 35.6 Å². The quantitative estimate of drug-likeness (QED) is 0.756. The Morgan fingerprint density at radius 3 is 2.56 bits per heavy atom. The highest BCUT2D eigenvalue weighted by molar-refractivity contribution is 7.10. The fraction of sp³-hybridized carbons (Fsp3) is 0.500. The first-order valence-electron chi connectivity index (χ1n) is 9.71. The number of hydrogen-bond acceptors (Lipinski definition) is 4. The molecular formula is C22H30N2O2S. The molecule has 0 aliphatic heterocycles. The first-order valence-corrected chi connectivity index (χ1v) is 10.6. The summed E-state index contributed by atoms with van der Waals surface area (Å²) in [7, 11) is 5.97. The molecule has 1 N–H and O–H groups in total. The lowest BCUT2D eigenvalue weighted by atomic mass is 9.77. The van der Waals surface area contributed by atoms with Gasteiger partial charge in [0.1, 0.15) is 5.75 Å². The highest BCUT2D eigenvalue weighted by Crippen LogP contribution is 2.40. The van der Waals surface area contributed by atoms with Gasteiger partial charge in [-0.3, -0.25) is 4.79 Å². The molecule has 4 nitrogen and oxygen atoms in total. The molecular weight excluding hydrogens is 356 g/mol. The van der Waals surface area contributed by atoms with Gasteiger partial charge in [0.2, 0.25) is 0 Å². The number of benzene rings is 1. The molecule has 1 aliphatic rings. The molecule has 1 heterocycles. The van der Waals surface area contributed by atoms with Crippen LogP contribution in [0.15, 0.2) is 41.8 Å². The van der Waals surface area contributed by atoms with Crippen molar-refractivity contribution < 1.29 is 9.53 Å². The lowest BCUT2D eigenvalue weighted by Gasteiger charge is -2.37. The minimum absolute atomic E-state index is 0.0423. The van der Waals surface area contributed by atoms with E-state index < -0.39 is 0 Å². The molecule has 0 spiro atoms. The molecule has 1 atom stereocenters. The summed E-state index contributed by atoms with van der Waals surface area (Å²) in [4.78, 5) is 16.3. The minimum Gasteiger partial charge on any atom is -0.496 e. The van der Waals surface area contributed by atoms with Crippen LogP contribution in [0, 0.1) is 11.8 Å². The molecule has 2 aromatic rings. The van der Waals surface area contributed by atoms with Gasteiger partial charge < -0.3 is 15.0 Å². The van der Waals surface area contributed by atoms with E-state index in [2.05, 4.69) is 41.8 Å². The van der Waals surface area contributed by atoms with E-state index >= 15 is 0 Å². The maximum Gasteiger partial charge on any atom is 0.255 e. The Morgan fingerprint density at radius 2 is 1.93 bits per heavy atom. The van der Waals surface area contributed by atoms with Crippen molar-refractivity contribution in [1.82, 2.24) is 10.2 Å². The van der Waals surface area contributed by atoms with Crippen LogP contribution in [0.5, 0.6) is 5.75 Å². The average Bonchev–Trinajstić information content (AvgIpc) is 3.21. The van der Waals surface area contributed by atoms with E-state index in [1.165, 1.54) is 30.6 Å². The van der Waals surface area contributed by atoms with Gasteiger partial charge in [0, 0.05) is 17.5 Å². The van der Waals surface area contributed by atoms with E-state index in [4.69, 9.17) is 4.74 Å². The van der Waals surface area contributed by atoms with Gasteiger partial charge in [-0.15, -0.1) is 11.3 Å². The Labute approximate surface area is 166 Å². The Balaban J connectivity index is 1.51. The number of para-hydroxylation sites is 1. The lowest BCUT2D eigenvalue weighted by molar-refractivity contribution is 0.0932. The number of carbonyl (C=O) groups excluding carboxylic acids is 1. The molecule has 1 saturated carbocycles. The third-order valence-corrected chi connectivity index (χ3v) is 6.57. The molecule has 27 heavy (non-hydrogen) atoms. The summed E-state index contributed by atoms with van der Waals surface area (Å²) in [6.45, 7) is 0.745. The third kappa shape index (κ3) is 4.90. The number of nitrogens with one attached hydrogen (secondary N) is 1. The minimum atomic E-state index is -0.0423. The molecule has 1 unspecified atom stereocenters. The van der Waals surface area contributed by atoms with E-state index in [9.17, 15) is 4.79 Å². The third-order valence-electron chi connectivity index (χ3n) is 5.63. The van der Waals surface area contributed by atoms with Gasteiger partial charge in [-0.2, -0.15) is 0 Å². The zero-order valence-electron chi connectivity index (χ0n) is 16.5. The van der Waals surface area contributed by atoms with Crippen molar-refractivity contribution in [1.29, 1.82) is 0 Å². The number of rotatable bonds is 7. The van der Waals surface area contributed by atoms with Crippen molar-refractivity contribution in [3.8, 4) is 5.75 Å². The second-order valence-corrected chi connectivity index (χ2v) is 8.59. The van der Waals surface area contributed by atoms with Gasteiger partial charge in [-0.1, -0.05) is 18.2 Å². The van der Waals surface area contributed by atoms with Gasteiger partial charge in [0.05, 0.1) is 12.7 Å². The number of carbonyl (C=O) groups is 1. The smallest absolute Gasteiger partial charge is 0.255 e. The van der Waals surface area contributed by atoms with E-state index in [0.29, 0.717) is 29.2 Å². The second-order valence-electron chi connectivity index (χ2n) is 7.61. The Kier molecular flexibility index (Phi) is 6.91. The van der Waals surface area contributed by atoms with E-state index in [1.54, 1.807) is 7.11 Å². The fourth-order valence-corrected chi connectivity index (χ4v) is 5.25. The SMILES string of the molecule is COc1ccccc1C(=O)NCC1CCC(C(c2cccs2)N(C)C)CC1. The largest absolute Gasteiger partial charge is 0.496 e. The number of ether oxygens (including phenoxy) is 1. The van der Waals surface area contributed by atoms with Crippen LogP contribution >= 0.6 is 11.3 Å². The van der Waals surface area contributed by atoms with Crippen molar-refractivity contribution in [2.24, 2.45) is 11.8 Å². The van der Waals surface area contributed by atoms with Gasteiger partial charge in [-0.05, 0) is 75.2 Å². The highest BCUT2D eigenvalue weighted by Gasteiger charge is 2.30.